The summed E-state index contributed by atoms with van der Waals surface area (Å²) in [6, 6.07) is 42.1. The monoisotopic (exact) mass is 549 g/mol. The lowest BCUT2D eigenvalue weighted by atomic mass is 9.94. The Morgan fingerprint density at radius 3 is 1.34 bits per heavy atom. The van der Waals surface area contributed by atoms with Crippen LogP contribution >= 0.6 is 0 Å². The van der Waals surface area contributed by atoms with Gasteiger partial charge in [-0.2, -0.15) is 5.26 Å². The summed E-state index contributed by atoms with van der Waals surface area (Å²) in [5.74, 6) is 0. The van der Waals surface area contributed by atoms with E-state index in [-0.39, 0.29) is 6.61 Å². The first kappa shape index (κ1) is 28.7. The van der Waals surface area contributed by atoms with E-state index in [1.54, 1.807) is 0 Å². The molecule has 4 aromatic carbocycles. The smallest absolute Gasteiger partial charge is 0.173 e. The molecule has 1 fully saturated rings. The van der Waals surface area contributed by atoms with E-state index in [2.05, 4.69) is 6.07 Å². The van der Waals surface area contributed by atoms with Gasteiger partial charge in [0, 0.05) is 0 Å². The van der Waals surface area contributed by atoms with E-state index in [0.717, 1.165) is 22.3 Å². The van der Waals surface area contributed by atoms with Gasteiger partial charge in [0.1, 0.15) is 24.4 Å². The minimum absolute atomic E-state index is 0.239. The van der Waals surface area contributed by atoms with Crippen LogP contribution in [0, 0.1) is 11.3 Å². The van der Waals surface area contributed by atoms with Gasteiger partial charge in [-0.05, 0) is 22.3 Å². The van der Waals surface area contributed by atoms with Gasteiger partial charge in [-0.15, -0.1) is 0 Å². The summed E-state index contributed by atoms with van der Waals surface area (Å²) in [6.45, 7) is 1.68. The molecule has 0 aromatic heterocycles. The van der Waals surface area contributed by atoms with Gasteiger partial charge < -0.3 is 23.7 Å². The van der Waals surface area contributed by atoms with Crippen LogP contribution in [0.4, 0.5) is 0 Å². The van der Waals surface area contributed by atoms with Crippen LogP contribution < -0.4 is 0 Å². The molecule has 0 saturated carbocycles. The predicted octanol–water partition coefficient (Wildman–Crippen LogP) is 6.25. The molecule has 6 heteroatoms. The molecule has 0 bridgehead atoms. The highest BCUT2D eigenvalue weighted by atomic mass is 16.6. The average Bonchev–Trinajstić information content (AvgIpc) is 3.04. The van der Waals surface area contributed by atoms with Crippen LogP contribution in [0.1, 0.15) is 22.3 Å². The quantitative estimate of drug-likeness (QED) is 0.196. The summed E-state index contributed by atoms with van der Waals surface area (Å²) in [5, 5.41) is 10.2. The maximum atomic E-state index is 10.2. The Labute approximate surface area is 242 Å². The third kappa shape index (κ3) is 8.34. The Kier molecular flexibility index (Phi) is 10.7. The molecule has 6 nitrogen and oxygen atoms in total. The highest BCUT2D eigenvalue weighted by molar-refractivity contribution is 5.17. The van der Waals surface area contributed by atoms with Crippen molar-refractivity contribution in [2.24, 2.45) is 0 Å². The molecule has 4 aromatic rings. The van der Waals surface area contributed by atoms with Crippen molar-refractivity contribution in [1.82, 2.24) is 0 Å². The van der Waals surface area contributed by atoms with Gasteiger partial charge in [0.2, 0.25) is 0 Å². The first-order valence-corrected chi connectivity index (χ1v) is 13.9. The molecular formula is C35H35NO5. The second kappa shape index (κ2) is 15.2. The van der Waals surface area contributed by atoms with Crippen molar-refractivity contribution in [3.63, 3.8) is 0 Å². The van der Waals surface area contributed by atoms with Gasteiger partial charge in [-0.25, -0.2) is 0 Å². The van der Waals surface area contributed by atoms with Crippen molar-refractivity contribution in [1.29, 1.82) is 5.26 Å². The first-order valence-electron chi connectivity index (χ1n) is 13.9. The minimum atomic E-state index is -0.860. The molecule has 1 saturated heterocycles. The molecule has 1 aliphatic heterocycles. The van der Waals surface area contributed by atoms with Gasteiger partial charge in [0.15, 0.2) is 6.10 Å². The number of hydrogen-bond acceptors (Lipinski definition) is 6. The number of hydrogen-bond donors (Lipinski definition) is 0. The topological polar surface area (TPSA) is 69.9 Å². The maximum Gasteiger partial charge on any atom is 0.173 e. The second-order valence-corrected chi connectivity index (χ2v) is 10.0. The number of ether oxygens (including phenoxy) is 5. The van der Waals surface area contributed by atoms with Crippen molar-refractivity contribution >= 4 is 0 Å². The fourth-order valence-corrected chi connectivity index (χ4v) is 4.89. The number of nitrogens with zero attached hydrogens (tertiary/aromatic N) is 1. The lowest BCUT2D eigenvalue weighted by Gasteiger charge is -2.44. The van der Waals surface area contributed by atoms with Gasteiger partial charge in [0.05, 0.1) is 39.1 Å². The summed E-state index contributed by atoms with van der Waals surface area (Å²) in [4.78, 5) is 0. The third-order valence-electron chi connectivity index (χ3n) is 7.01. The summed E-state index contributed by atoms with van der Waals surface area (Å²) >= 11 is 0. The van der Waals surface area contributed by atoms with E-state index in [1.165, 1.54) is 0 Å². The second-order valence-electron chi connectivity index (χ2n) is 10.0. The van der Waals surface area contributed by atoms with Gasteiger partial charge >= 0.3 is 0 Å². The fourth-order valence-electron chi connectivity index (χ4n) is 4.89. The largest absolute Gasteiger partial charge is 0.374 e. The highest BCUT2D eigenvalue weighted by Crippen LogP contribution is 2.31. The zero-order valence-corrected chi connectivity index (χ0v) is 23.0. The van der Waals surface area contributed by atoms with Crippen LogP contribution in [0.5, 0.6) is 0 Å². The molecule has 210 valence electrons. The van der Waals surface area contributed by atoms with E-state index in [0.29, 0.717) is 26.4 Å². The van der Waals surface area contributed by atoms with Gasteiger partial charge in [0.25, 0.3) is 0 Å². The molecule has 0 radical (unpaired) electrons. The molecule has 0 unspecified atom stereocenters. The Morgan fingerprint density at radius 1 is 0.512 bits per heavy atom. The van der Waals surface area contributed by atoms with Gasteiger partial charge in [-0.3, -0.25) is 0 Å². The van der Waals surface area contributed by atoms with Crippen molar-refractivity contribution in [3.8, 4) is 6.07 Å². The fraction of sp³-hybridized carbons (Fsp3) is 0.286. The Morgan fingerprint density at radius 2 is 0.902 bits per heavy atom. The molecule has 5 rings (SSSR count). The molecular weight excluding hydrogens is 514 g/mol. The average molecular weight is 550 g/mol. The Bertz CT molecular complexity index is 1330. The summed E-state index contributed by atoms with van der Waals surface area (Å²) in [6.07, 6.45) is -3.19. The van der Waals surface area contributed by atoms with E-state index in [9.17, 15) is 5.26 Å². The van der Waals surface area contributed by atoms with Crippen molar-refractivity contribution in [3.05, 3.63) is 144 Å². The predicted molar refractivity (Wildman–Crippen MR) is 155 cm³/mol. The standard InChI is InChI=1S/C35H35NO5/c36-21-31-33(38-23-28-15-7-2-8-16-28)35(40-25-30-19-11-4-12-20-30)34(39-24-29-17-9-3-10-18-29)32(41-31)26-37-22-27-13-5-1-6-14-27/h1-20,31-35H,22-26H2/t31-,32+,33+,34-,35-/m1/s1. The molecule has 0 amide bonds. The highest BCUT2D eigenvalue weighted by Gasteiger charge is 2.48. The van der Waals surface area contributed by atoms with Crippen molar-refractivity contribution in [2.75, 3.05) is 6.61 Å². The lowest BCUT2D eigenvalue weighted by Crippen LogP contribution is -2.60. The van der Waals surface area contributed by atoms with Crippen molar-refractivity contribution < 1.29 is 23.7 Å². The van der Waals surface area contributed by atoms with Crippen LogP contribution in [0.3, 0.4) is 0 Å². The van der Waals surface area contributed by atoms with E-state index in [4.69, 9.17) is 23.7 Å². The van der Waals surface area contributed by atoms with Crippen LogP contribution in [0.25, 0.3) is 0 Å². The normalized spacial score (nSPS) is 22.2. The number of benzene rings is 4. The van der Waals surface area contributed by atoms with Crippen molar-refractivity contribution in [2.45, 2.75) is 56.9 Å². The lowest BCUT2D eigenvalue weighted by molar-refractivity contribution is -0.261. The molecule has 1 heterocycles. The minimum Gasteiger partial charge on any atom is -0.374 e. The van der Waals surface area contributed by atoms with Crippen LogP contribution in [0.2, 0.25) is 0 Å². The zero-order valence-electron chi connectivity index (χ0n) is 23.0. The van der Waals surface area contributed by atoms with E-state index >= 15 is 0 Å². The first-order chi connectivity index (χ1) is 20.3. The number of rotatable bonds is 13. The molecule has 1 aliphatic rings. The van der Waals surface area contributed by atoms with Crippen LogP contribution in [-0.4, -0.2) is 37.1 Å². The molecule has 0 spiro atoms. The summed E-state index contributed by atoms with van der Waals surface area (Å²) in [7, 11) is 0. The molecule has 0 N–H and O–H groups in total. The molecule has 41 heavy (non-hydrogen) atoms. The van der Waals surface area contributed by atoms with Crippen LogP contribution in [-0.2, 0) is 50.1 Å². The Hall–Kier alpha value is -3.83. The maximum absolute atomic E-state index is 10.2. The SMILES string of the molecule is N#C[C@H]1O[C@@H](COCc2ccccc2)[C@@H](OCc2ccccc2)[C@H](OCc2ccccc2)[C@H]1OCc1ccccc1. The van der Waals surface area contributed by atoms with E-state index < -0.39 is 30.5 Å². The molecule has 5 atom stereocenters. The summed E-state index contributed by atoms with van der Waals surface area (Å²) in [5.41, 5.74) is 4.11. The third-order valence-corrected chi connectivity index (χ3v) is 7.01. The Balaban J connectivity index is 1.39. The van der Waals surface area contributed by atoms with E-state index in [1.807, 2.05) is 121 Å². The molecule has 0 aliphatic carbocycles. The van der Waals surface area contributed by atoms with Crippen LogP contribution in [0.15, 0.2) is 121 Å². The van der Waals surface area contributed by atoms with Gasteiger partial charge in [-0.1, -0.05) is 121 Å². The zero-order chi connectivity index (χ0) is 28.1. The summed E-state index contributed by atoms with van der Waals surface area (Å²) < 4.78 is 31.9. The number of nitriles is 1.